The Labute approximate surface area is 117 Å². The van der Waals surface area contributed by atoms with Crippen LogP contribution in [-0.2, 0) is 11.3 Å². The van der Waals surface area contributed by atoms with E-state index in [1.165, 1.54) is 12.1 Å². The molecule has 0 saturated heterocycles. The summed E-state index contributed by atoms with van der Waals surface area (Å²) in [5.74, 6) is -0.605. The number of nitrogens with one attached hydrogen (secondary N) is 1. The maximum absolute atomic E-state index is 13.1. The highest BCUT2D eigenvalue weighted by Gasteiger charge is 2.06. The lowest BCUT2D eigenvalue weighted by molar-refractivity contribution is 0.0526. The molecule has 3 nitrogen and oxygen atoms in total. The molecule has 20 heavy (non-hydrogen) atoms. The molecule has 0 aliphatic heterocycles. The Morgan fingerprint density at radius 2 is 2.00 bits per heavy atom. The Hall–Kier alpha value is -2.36. The molecular formula is C16H16FNO2. The molecule has 0 amide bonds. The molecule has 0 radical (unpaired) electrons. The van der Waals surface area contributed by atoms with Crippen LogP contribution in [0.25, 0.3) is 0 Å². The van der Waals surface area contributed by atoms with E-state index in [-0.39, 0.29) is 11.8 Å². The molecule has 0 saturated carbocycles. The molecule has 2 aromatic rings. The number of ether oxygens (including phenoxy) is 1. The van der Waals surface area contributed by atoms with Crippen molar-refractivity contribution in [1.82, 2.24) is 0 Å². The van der Waals surface area contributed by atoms with Gasteiger partial charge in [-0.1, -0.05) is 18.2 Å². The summed E-state index contributed by atoms with van der Waals surface area (Å²) >= 11 is 0. The lowest BCUT2D eigenvalue weighted by Crippen LogP contribution is -2.06. The number of hydrogen-bond acceptors (Lipinski definition) is 3. The lowest BCUT2D eigenvalue weighted by atomic mass is 10.2. The maximum Gasteiger partial charge on any atom is 0.338 e. The summed E-state index contributed by atoms with van der Waals surface area (Å²) in [6, 6.07) is 13.4. The Morgan fingerprint density at radius 3 is 2.75 bits per heavy atom. The number of benzene rings is 2. The SMILES string of the molecule is CCOC(=O)c1cccc(NCc2cccc(F)c2)c1. The minimum Gasteiger partial charge on any atom is -0.462 e. The Balaban J connectivity index is 2.03. The third-order valence-electron chi connectivity index (χ3n) is 2.76. The number of hydrogen-bond donors (Lipinski definition) is 1. The third kappa shape index (κ3) is 3.82. The second-order valence-electron chi connectivity index (χ2n) is 4.28. The van der Waals surface area contributed by atoms with Crippen molar-refractivity contribution in [2.75, 3.05) is 11.9 Å². The van der Waals surface area contributed by atoms with E-state index in [9.17, 15) is 9.18 Å². The number of carbonyl (C=O) groups excluding carboxylic acids is 1. The van der Waals surface area contributed by atoms with E-state index in [4.69, 9.17) is 4.74 Å². The molecule has 2 rings (SSSR count). The number of esters is 1. The molecular weight excluding hydrogens is 257 g/mol. The van der Waals surface area contributed by atoms with Crippen LogP contribution >= 0.6 is 0 Å². The van der Waals surface area contributed by atoms with Gasteiger partial charge in [-0.15, -0.1) is 0 Å². The van der Waals surface area contributed by atoms with E-state index in [1.807, 2.05) is 12.1 Å². The molecule has 0 heterocycles. The smallest absolute Gasteiger partial charge is 0.338 e. The monoisotopic (exact) mass is 273 g/mol. The summed E-state index contributed by atoms with van der Waals surface area (Å²) < 4.78 is 18.0. The fourth-order valence-electron chi connectivity index (χ4n) is 1.82. The van der Waals surface area contributed by atoms with Crippen molar-refractivity contribution in [1.29, 1.82) is 0 Å². The predicted molar refractivity (Wildman–Crippen MR) is 76.1 cm³/mol. The topological polar surface area (TPSA) is 38.3 Å². The van der Waals surface area contributed by atoms with Crippen molar-refractivity contribution < 1.29 is 13.9 Å². The number of rotatable bonds is 5. The highest BCUT2D eigenvalue weighted by molar-refractivity contribution is 5.90. The van der Waals surface area contributed by atoms with Gasteiger partial charge in [-0.3, -0.25) is 0 Å². The quantitative estimate of drug-likeness (QED) is 0.846. The highest BCUT2D eigenvalue weighted by Crippen LogP contribution is 2.13. The zero-order chi connectivity index (χ0) is 14.4. The zero-order valence-corrected chi connectivity index (χ0v) is 11.2. The van der Waals surface area contributed by atoms with Gasteiger partial charge in [0.15, 0.2) is 0 Å². The van der Waals surface area contributed by atoms with Crippen LogP contribution in [0.5, 0.6) is 0 Å². The zero-order valence-electron chi connectivity index (χ0n) is 11.2. The van der Waals surface area contributed by atoms with E-state index in [0.29, 0.717) is 18.7 Å². The third-order valence-corrected chi connectivity index (χ3v) is 2.76. The van der Waals surface area contributed by atoms with Crippen LogP contribution in [0.4, 0.5) is 10.1 Å². The van der Waals surface area contributed by atoms with Gasteiger partial charge in [0, 0.05) is 12.2 Å². The van der Waals surface area contributed by atoms with Gasteiger partial charge in [0.05, 0.1) is 12.2 Å². The molecule has 0 fully saturated rings. The van der Waals surface area contributed by atoms with Crippen LogP contribution in [0.15, 0.2) is 48.5 Å². The molecule has 104 valence electrons. The van der Waals surface area contributed by atoms with E-state index in [2.05, 4.69) is 5.32 Å². The summed E-state index contributed by atoms with van der Waals surface area (Å²) in [5, 5.41) is 3.15. The van der Waals surface area contributed by atoms with E-state index in [0.717, 1.165) is 11.3 Å². The van der Waals surface area contributed by atoms with E-state index in [1.54, 1.807) is 31.2 Å². The maximum atomic E-state index is 13.1. The molecule has 1 N–H and O–H groups in total. The largest absolute Gasteiger partial charge is 0.462 e. The molecule has 4 heteroatoms. The Kier molecular flexibility index (Phi) is 4.71. The second-order valence-corrected chi connectivity index (χ2v) is 4.28. The van der Waals surface area contributed by atoms with Crippen LogP contribution in [0, 0.1) is 5.82 Å². The van der Waals surface area contributed by atoms with Crippen LogP contribution in [0.1, 0.15) is 22.8 Å². The van der Waals surface area contributed by atoms with Crippen LogP contribution in [0.3, 0.4) is 0 Å². The first-order valence-corrected chi connectivity index (χ1v) is 6.44. The summed E-state index contributed by atoms with van der Waals surface area (Å²) in [6.07, 6.45) is 0. The van der Waals surface area contributed by atoms with Crippen molar-refractivity contribution in [3.63, 3.8) is 0 Å². The van der Waals surface area contributed by atoms with Gasteiger partial charge in [-0.2, -0.15) is 0 Å². The minimum absolute atomic E-state index is 0.260. The van der Waals surface area contributed by atoms with Crippen molar-refractivity contribution in [3.8, 4) is 0 Å². The standard InChI is InChI=1S/C16H16FNO2/c1-2-20-16(19)13-6-4-8-15(10-13)18-11-12-5-3-7-14(17)9-12/h3-10,18H,2,11H2,1H3. The summed E-state index contributed by atoms with van der Waals surface area (Å²) in [7, 11) is 0. The normalized spacial score (nSPS) is 10.1. The molecule has 0 bridgehead atoms. The molecule has 0 aliphatic carbocycles. The van der Waals surface area contributed by atoms with E-state index < -0.39 is 0 Å². The van der Waals surface area contributed by atoms with Crippen molar-refractivity contribution >= 4 is 11.7 Å². The average molecular weight is 273 g/mol. The summed E-state index contributed by atoms with van der Waals surface area (Å²) in [5.41, 5.74) is 2.13. The molecule has 0 atom stereocenters. The van der Waals surface area contributed by atoms with Crippen molar-refractivity contribution in [3.05, 3.63) is 65.5 Å². The van der Waals surface area contributed by atoms with Gasteiger partial charge >= 0.3 is 5.97 Å². The number of halogens is 1. The number of anilines is 1. The molecule has 0 spiro atoms. The van der Waals surface area contributed by atoms with Gasteiger partial charge in [0.2, 0.25) is 0 Å². The van der Waals surface area contributed by atoms with E-state index >= 15 is 0 Å². The fourth-order valence-corrected chi connectivity index (χ4v) is 1.82. The van der Waals surface area contributed by atoms with Crippen LogP contribution in [-0.4, -0.2) is 12.6 Å². The fraction of sp³-hybridized carbons (Fsp3) is 0.188. The van der Waals surface area contributed by atoms with Gasteiger partial charge < -0.3 is 10.1 Å². The predicted octanol–water partition coefficient (Wildman–Crippen LogP) is 3.61. The van der Waals surface area contributed by atoms with Crippen LogP contribution < -0.4 is 5.32 Å². The van der Waals surface area contributed by atoms with Gasteiger partial charge in [-0.25, -0.2) is 9.18 Å². The first-order valence-electron chi connectivity index (χ1n) is 6.44. The molecule has 0 aliphatic rings. The Bertz CT molecular complexity index is 599. The minimum atomic E-state index is -0.345. The van der Waals surface area contributed by atoms with Crippen LogP contribution in [0.2, 0.25) is 0 Å². The molecule has 0 aromatic heterocycles. The van der Waals surface area contributed by atoms with Gasteiger partial charge in [0.1, 0.15) is 5.82 Å². The van der Waals surface area contributed by atoms with Crippen molar-refractivity contribution in [2.45, 2.75) is 13.5 Å². The van der Waals surface area contributed by atoms with Gasteiger partial charge in [0.25, 0.3) is 0 Å². The highest BCUT2D eigenvalue weighted by atomic mass is 19.1. The van der Waals surface area contributed by atoms with Crippen molar-refractivity contribution in [2.24, 2.45) is 0 Å². The number of carbonyl (C=O) groups is 1. The lowest BCUT2D eigenvalue weighted by Gasteiger charge is -2.08. The Morgan fingerprint density at radius 1 is 1.20 bits per heavy atom. The molecule has 2 aromatic carbocycles. The molecule has 0 unspecified atom stereocenters. The van der Waals surface area contributed by atoms with Gasteiger partial charge in [-0.05, 0) is 42.8 Å². The summed E-state index contributed by atoms with van der Waals surface area (Å²) in [6.45, 7) is 2.60. The second kappa shape index (κ2) is 6.70. The first kappa shape index (κ1) is 14.1. The average Bonchev–Trinajstić information content (AvgIpc) is 2.46. The summed E-state index contributed by atoms with van der Waals surface area (Å²) in [4.78, 5) is 11.6. The first-order chi connectivity index (χ1) is 9.69.